The summed E-state index contributed by atoms with van der Waals surface area (Å²) in [4.78, 5) is 27.9. The highest BCUT2D eigenvalue weighted by molar-refractivity contribution is 5.93. The first-order valence-electron chi connectivity index (χ1n) is 13.3. The third-order valence-electron chi connectivity index (χ3n) is 9.84. The molecule has 38 heavy (non-hydrogen) atoms. The molecule has 2 bridgehead atoms. The Morgan fingerprint density at radius 1 is 1.16 bits per heavy atom. The molecule has 0 spiro atoms. The third-order valence-corrected chi connectivity index (χ3v) is 9.84. The zero-order valence-corrected chi connectivity index (χ0v) is 22.7. The zero-order chi connectivity index (χ0) is 27.8. The van der Waals surface area contributed by atoms with Crippen molar-refractivity contribution < 1.29 is 39.1 Å². The van der Waals surface area contributed by atoms with Crippen molar-refractivity contribution in [1.82, 2.24) is 0 Å². The van der Waals surface area contributed by atoms with Crippen molar-refractivity contribution in [1.29, 1.82) is 0 Å². The molecule has 1 aliphatic heterocycles. The summed E-state index contributed by atoms with van der Waals surface area (Å²) in [5.74, 6) is -1.61. The van der Waals surface area contributed by atoms with E-state index in [1.807, 2.05) is 0 Å². The first kappa shape index (κ1) is 27.1. The summed E-state index contributed by atoms with van der Waals surface area (Å²) in [6, 6.07) is 8.46. The Morgan fingerprint density at radius 2 is 1.82 bits per heavy atom. The van der Waals surface area contributed by atoms with Gasteiger partial charge in [0, 0.05) is 17.3 Å². The molecule has 1 aromatic carbocycles. The van der Waals surface area contributed by atoms with Crippen LogP contribution in [0.2, 0.25) is 0 Å². The molecule has 2 saturated carbocycles. The first-order chi connectivity index (χ1) is 17.7. The second-order valence-electron chi connectivity index (χ2n) is 12.3. The van der Waals surface area contributed by atoms with Gasteiger partial charge in [-0.25, -0.2) is 4.79 Å². The minimum atomic E-state index is -1.86. The molecule has 0 amide bonds. The lowest BCUT2D eigenvalue weighted by molar-refractivity contribution is -0.333. The molecular weight excluding hydrogens is 488 g/mol. The van der Waals surface area contributed by atoms with Crippen molar-refractivity contribution in [3.8, 4) is 0 Å². The maximum absolute atomic E-state index is 14.3. The number of aliphatic hydroxyl groups is 3. The number of Topliss-reactive ketones (excluding diaryl/α,β-unsaturated/α-hetero) is 1. The van der Waals surface area contributed by atoms with Crippen molar-refractivity contribution in [2.45, 2.75) is 89.5 Å². The van der Waals surface area contributed by atoms with Gasteiger partial charge in [0.25, 0.3) is 0 Å². The fraction of sp³-hybridized carbons (Fsp3) is 0.600. The Hall–Kier alpha value is -2.52. The van der Waals surface area contributed by atoms with E-state index >= 15 is 0 Å². The van der Waals surface area contributed by atoms with Crippen LogP contribution in [0.25, 0.3) is 0 Å². The lowest BCUT2D eigenvalue weighted by Crippen LogP contribution is -2.79. The number of benzene rings is 1. The van der Waals surface area contributed by atoms with Crippen molar-refractivity contribution in [2.24, 2.45) is 16.7 Å². The maximum atomic E-state index is 14.3. The van der Waals surface area contributed by atoms with Gasteiger partial charge in [0.1, 0.15) is 23.9 Å². The number of aliphatic hydroxyl groups excluding tert-OH is 2. The van der Waals surface area contributed by atoms with E-state index in [1.165, 1.54) is 0 Å². The van der Waals surface area contributed by atoms with Gasteiger partial charge in [0.15, 0.2) is 11.4 Å². The molecule has 1 heterocycles. The molecule has 4 aliphatic rings. The van der Waals surface area contributed by atoms with Crippen molar-refractivity contribution in [3.63, 3.8) is 0 Å². The monoisotopic (exact) mass is 526 g/mol. The summed E-state index contributed by atoms with van der Waals surface area (Å²) < 4.78 is 18.6. The quantitative estimate of drug-likeness (QED) is 0.311. The van der Waals surface area contributed by atoms with E-state index in [2.05, 4.69) is 6.58 Å². The smallest absolute Gasteiger partial charge is 0.338 e. The van der Waals surface area contributed by atoms with Gasteiger partial charge in [-0.1, -0.05) is 45.5 Å². The molecule has 1 unspecified atom stereocenters. The second-order valence-corrected chi connectivity index (χ2v) is 12.3. The number of allylic oxidation sites excluding steroid dienone is 1. The Labute approximate surface area is 223 Å². The fourth-order valence-electron chi connectivity index (χ4n) is 7.74. The Bertz CT molecular complexity index is 1200. The van der Waals surface area contributed by atoms with Crippen LogP contribution in [0.1, 0.15) is 64.2 Å². The molecule has 1 aromatic rings. The number of hydrogen-bond donors (Lipinski definition) is 3. The lowest BCUT2D eigenvalue weighted by atomic mass is 9.45. The number of fused-ring (bicyclic) bond motifs is 5. The van der Waals surface area contributed by atoms with Crippen molar-refractivity contribution >= 4 is 11.8 Å². The summed E-state index contributed by atoms with van der Waals surface area (Å²) in [5.41, 5.74) is -4.46. The van der Waals surface area contributed by atoms with Gasteiger partial charge in [0.2, 0.25) is 0 Å². The highest BCUT2D eigenvalue weighted by atomic mass is 16.6. The minimum absolute atomic E-state index is 0.105. The van der Waals surface area contributed by atoms with Crippen LogP contribution in [0.15, 0.2) is 53.8 Å². The number of rotatable bonds is 4. The fourth-order valence-corrected chi connectivity index (χ4v) is 7.74. The largest absolute Gasteiger partial charge is 0.487 e. The molecule has 3 N–H and O–H groups in total. The molecule has 8 nitrogen and oxygen atoms in total. The van der Waals surface area contributed by atoms with Gasteiger partial charge in [0.05, 0.1) is 30.0 Å². The second kappa shape index (κ2) is 8.74. The topological polar surface area (TPSA) is 123 Å². The molecule has 0 radical (unpaired) electrons. The van der Waals surface area contributed by atoms with Crippen LogP contribution < -0.4 is 0 Å². The van der Waals surface area contributed by atoms with Crippen LogP contribution >= 0.6 is 0 Å². The SMILES string of the molecule is C=C(C)O[C@@]12COC1CC[C@@]1(C)C(=O)[C@H](O)C3=C(C)[C@@H](O)C[C@@](O)([C@@H](OC(=O)c4ccccc4)[C@@H]12)C3(C)C. The van der Waals surface area contributed by atoms with Gasteiger partial charge >= 0.3 is 5.97 Å². The van der Waals surface area contributed by atoms with Gasteiger partial charge < -0.3 is 29.5 Å². The van der Waals surface area contributed by atoms with Crippen LogP contribution in [0.3, 0.4) is 0 Å². The van der Waals surface area contributed by atoms with Gasteiger partial charge in [-0.3, -0.25) is 4.79 Å². The van der Waals surface area contributed by atoms with E-state index in [0.29, 0.717) is 29.7 Å². The van der Waals surface area contributed by atoms with Crippen LogP contribution in [-0.4, -0.2) is 69.3 Å². The molecule has 5 rings (SSSR count). The summed E-state index contributed by atoms with van der Waals surface area (Å²) in [6.45, 7) is 12.6. The van der Waals surface area contributed by atoms with Crippen LogP contribution in [0.5, 0.6) is 0 Å². The van der Waals surface area contributed by atoms with E-state index in [9.17, 15) is 24.9 Å². The van der Waals surface area contributed by atoms with E-state index < -0.39 is 64.1 Å². The summed E-state index contributed by atoms with van der Waals surface area (Å²) in [7, 11) is 0. The number of hydrogen-bond acceptors (Lipinski definition) is 8. The number of carbonyl (C=O) groups is 2. The predicted octanol–water partition coefficient (Wildman–Crippen LogP) is 3.10. The Morgan fingerprint density at radius 3 is 2.39 bits per heavy atom. The number of esters is 1. The van der Waals surface area contributed by atoms with E-state index in [1.54, 1.807) is 65.0 Å². The van der Waals surface area contributed by atoms with E-state index in [4.69, 9.17) is 14.2 Å². The maximum Gasteiger partial charge on any atom is 0.338 e. The molecule has 8 heteroatoms. The molecule has 206 valence electrons. The average molecular weight is 527 g/mol. The van der Waals surface area contributed by atoms with Gasteiger partial charge in [-0.2, -0.15) is 0 Å². The Balaban J connectivity index is 1.78. The number of ketones is 1. The molecule has 0 aromatic heterocycles. The van der Waals surface area contributed by atoms with E-state index in [0.717, 1.165) is 0 Å². The standard InChI is InChI=1S/C30H38O8/c1-16(2)38-29-15-36-20(29)12-13-28(6)23(29)25(37-26(34)18-10-8-7-9-11-18)30(35)14-19(31)17(3)21(27(30,4)5)22(32)24(28)33/h7-11,19-20,22-23,25,31-32,35H,1,12-15H2,2-6H3/t19-,20?,22+,23-,25-,28+,29-,30+/m0/s1. The summed E-state index contributed by atoms with van der Waals surface area (Å²) in [6.07, 6.45) is -3.73. The van der Waals surface area contributed by atoms with E-state index in [-0.39, 0.29) is 18.6 Å². The van der Waals surface area contributed by atoms with Crippen LogP contribution in [-0.2, 0) is 19.0 Å². The van der Waals surface area contributed by atoms with Crippen molar-refractivity contribution in [2.75, 3.05) is 6.61 Å². The molecule has 8 atom stereocenters. The minimum Gasteiger partial charge on any atom is -0.487 e. The van der Waals surface area contributed by atoms with Gasteiger partial charge in [-0.15, -0.1) is 0 Å². The highest BCUT2D eigenvalue weighted by Gasteiger charge is 2.75. The normalized spacial score (nSPS) is 41.6. The summed E-state index contributed by atoms with van der Waals surface area (Å²) >= 11 is 0. The van der Waals surface area contributed by atoms with Crippen molar-refractivity contribution in [3.05, 3.63) is 59.4 Å². The number of ether oxygens (including phenoxy) is 3. The Kier molecular flexibility index (Phi) is 6.23. The first-order valence-corrected chi connectivity index (χ1v) is 13.3. The van der Waals surface area contributed by atoms with Crippen LogP contribution in [0.4, 0.5) is 0 Å². The predicted molar refractivity (Wildman–Crippen MR) is 138 cm³/mol. The average Bonchev–Trinajstić information content (AvgIpc) is 2.84. The lowest BCUT2D eigenvalue weighted by Gasteiger charge is -2.66. The molecule has 3 fully saturated rings. The van der Waals surface area contributed by atoms with Crippen LogP contribution in [0, 0.1) is 16.7 Å². The molecular formula is C30H38O8. The molecule has 1 saturated heterocycles. The zero-order valence-electron chi connectivity index (χ0n) is 22.7. The summed E-state index contributed by atoms with van der Waals surface area (Å²) in [5, 5.41) is 35.4. The highest BCUT2D eigenvalue weighted by Crippen LogP contribution is 2.64. The third kappa shape index (κ3) is 3.50. The van der Waals surface area contributed by atoms with Gasteiger partial charge in [-0.05, 0) is 50.0 Å². The number of carbonyl (C=O) groups excluding carboxylic acids is 2. The molecule has 3 aliphatic carbocycles.